The number of hydrogen-bond acceptors (Lipinski definition) is 3. The van der Waals surface area contributed by atoms with Gasteiger partial charge >= 0.3 is 0 Å². The van der Waals surface area contributed by atoms with Crippen LogP contribution in [0.1, 0.15) is 67.2 Å². The smallest absolute Gasteiger partial charge is 0.119 e. The standard InChI is InChI=1S/C26H33IN2O/c27-21-9-7-20(8-10-21)25-19-29-16-4-6-26(29)24-18-22(11-12-23(24)25)30-17-5-15-28-13-2-1-3-14-28/h7-12,18,25-26H,1-6,13-17,19H2. The number of piperidine rings is 1. The molecule has 2 saturated heterocycles. The van der Waals surface area contributed by atoms with Crippen LogP contribution in [0.4, 0.5) is 0 Å². The van der Waals surface area contributed by atoms with Gasteiger partial charge in [-0.25, -0.2) is 0 Å². The molecule has 0 N–H and O–H groups in total. The maximum absolute atomic E-state index is 6.22. The van der Waals surface area contributed by atoms with E-state index >= 15 is 0 Å². The second kappa shape index (κ2) is 9.58. The van der Waals surface area contributed by atoms with E-state index in [9.17, 15) is 0 Å². The molecule has 2 unspecified atom stereocenters. The average Bonchev–Trinajstić information content (AvgIpc) is 3.26. The van der Waals surface area contributed by atoms with Gasteiger partial charge in [-0.2, -0.15) is 0 Å². The normalized spacial score (nSPS) is 24.4. The molecule has 3 aliphatic rings. The minimum atomic E-state index is 0.472. The van der Waals surface area contributed by atoms with Gasteiger partial charge in [0.05, 0.1) is 6.61 Å². The summed E-state index contributed by atoms with van der Waals surface area (Å²) in [5.41, 5.74) is 4.47. The number of halogens is 1. The molecule has 3 aliphatic heterocycles. The Balaban J connectivity index is 1.29. The fourth-order valence-corrected chi connectivity index (χ4v) is 5.98. The van der Waals surface area contributed by atoms with Crippen LogP contribution >= 0.6 is 22.6 Å². The van der Waals surface area contributed by atoms with Gasteiger partial charge in [-0.05, 0) is 115 Å². The summed E-state index contributed by atoms with van der Waals surface area (Å²) in [6, 6.07) is 16.6. The lowest BCUT2D eigenvalue weighted by atomic mass is 9.81. The number of hydrogen-bond donors (Lipinski definition) is 0. The SMILES string of the molecule is Ic1ccc(C2CN3CCCC3c3cc(OCCCN4CCCCC4)ccc32)cc1. The zero-order valence-corrected chi connectivity index (χ0v) is 20.0. The van der Waals surface area contributed by atoms with Crippen molar-refractivity contribution in [3.63, 3.8) is 0 Å². The van der Waals surface area contributed by atoms with Crippen molar-refractivity contribution in [1.29, 1.82) is 0 Å². The molecule has 4 heteroatoms. The highest BCUT2D eigenvalue weighted by atomic mass is 127. The predicted octanol–water partition coefficient (Wildman–Crippen LogP) is 5.83. The summed E-state index contributed by atoms with van der Waals surface area (Å²) in [7, 11) is 0. The molecular weight excluding hydrogens is 483 g/mol. The molecule has 0 spiro atoms. The van der Waals surface area contributed by atoms with Crippen LogP contribution < -0.4 is 4.74 Å². The molecule has 0 bridgehead atoms. The van der Waals surface area contributed by atoms with Crippen LogP contribution in [0.15, 0.2) is 42.5 Å². The summed E-state index contributed by atoms with van der Waals surface area (Å²) in [6.45, 7) is 6.92. The van der Waals surface area contributed by atoms with E-state index in [1.165, 1.54) is 78.5 Å². The molecular formula is C26H33IN2O. The zero-order chi connectivity index (χ0) is 20.3. The van der Waals surface area contributed by atoms with Crippen molar-refractivity contribution < 1.29 is 4.74 Å². The van der Waals surface area contributed by atoms with Gasteiger partial charge in [-0.1, -0.05) is 24.6 Å². The Hall–Kier alpha value is -1.11. The quantitative estimate of drug-likeness (QED) is 0.355. The number of ether oxygens (including phenoxy) is 1. The first-order valence-corrected chi connectivity index (χ1v) is 12.8. The molecule has 3 heterocycles. The van der Waals surface area contributed by atoms with E-state index < -0.39 is 0 Å². The predicted molar refractivity (Wildman–Crippen MR) is 131 cm³/mol. The lowest BCUT2D eigenvalue weighted by Gasteiger charge is -2.37. The van der Waals surface area contributed by atoms with Gasteiger partial charge < -0.3 is 9.64 Å². The molecule has 2 aromatic carbocycles. The molecule has 3 nitrogen and oxygen atoms in total. The second-order valence-corrected chi connectivity index (χ2v) is 10.4. The van der Waals surface area contributed by atoms with Crippen LogP contribution in [0.3, 0.4) is 0 Å². The number of likely N-dealkylation sites (tertiary alicyclic amines) is 1. The second-order valence-electron chi connectivity index (χ2n) is 9.15. The molecule has 2 aromatic rings. The number of fused-ring (bicyclic) bond motifs is 3. The minimum absolute atomic E-state index is 0.472. The van der Waals surface area contributed by atoms with Crippen LogP contribution in [0, 0.1) is 3.57 Å². The summed E-state index contributed by atoms with van der Waals surface area (Å²) in [5, 5.41) is 0. The van der Waals surface area contributed by atoms with E-state index in [1.54, 1.807) is 0 Å². The summed E-state index contributed by atoms with van der Waals surface area (Å²) >= 11 is 2.40. The van der Waals surface area contributed by atoms with Gasteiger partial charge in [0.2, 0.25) is 0 Å². The van der Waals surface area contributed by atoms with E-state index in [0.29, 0.717) is 12.0 Å². The van der Waals surface area contributed by atoms with Crippen molar-refractivity contribution in [2.24, 2.45) is 0 Å². The molecule has 30 heavy (non-hydrogen) atoms. The van der Waals surface area contributed by atoms with Gasteiger partial charge in [0.25, 0.3) is 0 Å². The topological polar surface area (TPSA) is 15.7 Å². The first-order chi connectivity index (χ1) is 14.8. The van der Waals surface area contributed by atoms with Crippen molar-refractivity contribution in [2.45, 2.75) is 50.5 Å². The summed E-state index contributed by atoms with van der Waals surface area (Å²) < 4.78 is 7.53. The van der Waals surface area contributed by atoms with Crippen LogP contribution in [0.25, 0.3) is 0 Å². The summed E-state index contributed by atoms with van der Waals surface area (Å²) in [6.07, 6.45) is 7.85. The van der Waals surface area contributed by atoms with E-state index in [2.05, 4.69) is 74.9 Å². The van der Waals surface area contributed by atoms with Gasteiger partial charge in [-0.3, -0.25) is 4.90 Å². The molecule has 160 valence electrons. The number of rotatable bonds is 6. The zero-order valence-electron chi connectivity index (χ0n) is 17.9. The van der Waals surface area contributed by atoms with E-state index in [0.717, 1.165) is 25.3 Å². The summed E-state index contributed by atoms with van der Waals surface area (Å²) in [4.78, 5) is 5.30. The maximum Gasteiger partial charge on any atom is 0.119 e. The molecule has 0 aliphatic carbocycles. The highest BCUT2D eigenvalue weighted by Crippen LogP contribution is 2.45. The fourth-order valence-electron chi connectivity index (χ4n) is 5.62. The third-order valence-corrected chi connectivity index (χ3v) is 7.90. The highest BCUT2D eigenvalue weighted by Gasteiger charge is 2.36. The third-order valence-electron chi connectivity index (χ3n) is 7.18. The van der Waals surface area contributed by atoms with Gasteiger partial charge in [0, 0.05) is 28.6 Å². The van der Waals surface area contributed by atoms with Crippen molar-refractivity contribution in [1.82, 2.24) is 9.80 Å². The average molecular weight is 516 g/mol. The van der Waals surface area contributed by atoms with Crippen LogP contribution in [-0.4, -0.2) is 49.1 Å². The van der Waals surface area contributed by atoms with Crippen molar-refractivity contribution >= 4 is 22.6 Å². The Bertz CT molecular complexity index is 847. The first-order valence-electron chi connectivity index (χ1n) is 11.8. The lowest BCUT2D eigenvalue weighted by molar-refractivity contribution is 0.204. The van der Waals surface area contributed by atoms with Gasteiger partial charge in [-0.15, -0.1) is 0 Å². The molecule has 0 amide bonds. The van der Waals surface area contributed by atoms with Crippen LogP contribution in [0.5, 0.6) is 5.75 Å². The lowest BCUT2D eigenvalue weighted by Crippen LogP contribution is -2.34. The minimum Gasteiger partial charge on any atom is -0.494 e. The first kappa shape index (κ1) is 20.8. The van der Waals surface area contributed by atoms with Crippen molar-refractivity contribution in [3.8, 4) is 5.75 Å². The van der Waals surface area contributed by atoms with Gasteiger partial charge in [0.1, 0.15) is 5.75 Å². The Kier molecular flexibility index (Phi) is 6.63. The van der Waals surface area contributed by atoms with E-state index in [1.807, 2.05) is 0 Å². The molecule has 5 rings (SSSR count). The molecule has 2 atom stereocenters. The Morgan fingerprint density at radius 1 is 0.900 bits per heavy atom. The molecule has 2 fully saturated rings. The highest BCUT2D eigenvalue weighted by molar-refractivity contribution is 14.1. The summed E-state index contributed by atoms with van der Waals surface area (Å²) in [5.74, 6) is 1.53. The van der Waals surface area contributed by atoms with Crippen molar-refractivity contribution in [3.05, 3.63) is 62.7 Å². The van der Waals surface area contributed by atoms with E-state index in [4.69, 9.17) is 4.74 Å². The molecule has 0 radical (unpaired) electrons. The van der Waals surface area contributed by atoms with Crippen LogP contribution in [0.2, 0.25) is 0 Å². The van der Waals surface area contributed by atoms with Gasteiger partial charge in [0.15, 0.2) is 0 Å². The Morgan fingerprint density at radius 3 is 2.57 bits per heavy atom. The van der Waals surface area contributed by atoms with Crippen LogP contribution in [-0.2, 0) is 0 Å². The number of nitrogens with zero attached hydrogens (tertiary/aromatic N) is 2. The molecule has 0 saturated carbocycles. The fraction of sp³-hybridized carbons (Fsp3) is 0.538. The Morgan fingerprint density at radius 2 is 1.73 bits per heavy atom. The maximum atomic E-state index is 6.22. The Labute approximate surface area is 194 Å². The monoisotopic (exact) mass is 516 g/mol. The third kappa shape index (κ3) is 4.56. The van der Waals surface area contributed by atoms with E-state index in [-0.39, 0.29) is 0 Å². The van der Waals surface area contributed by atoms with Crippen molar-refractivity contribution in [2.75, 3.05) is 39.3 Å². The number of benzene rings is 2. The molecule has 0 aromatic heterocycles. The largest absolute Gasteiger partial charge is 0.494 e.